The van der Waals surface area contributed by atoms with E-state index in [4.69, 9.17) is 0 Å². The van der Waals surface area contributed by atoms with E-state index in [1.54, 1.807) is 0 Å². The summed E-state index contributed by atoms with van der Waals surface area (Å²) in [5, 5.41) is 5.26. The molecule has 2 aromatic heterocycles. The van der Waals surface area contributed by atoms with Crippen LogP contribution in [0.4, 0.5) is 0 Å². The van der Waals surface area contributed by atoms with Crippen molar-refractivity contribution in [1.82, 2.24) is 9.13 Å². The lowest BCUT2D eigenvalue weighted by molar-refractivity contribution is 0.758. The van der Waals surface area contributed by atoms with Crippen molar-refractivity contribution < 1.29 is 0 Å². The van der Waals surface area contributed by atoms with Gasteiger partial charge in [0, 0.05) is 44.8 Å². The molecule has 0 aliphatic heterocycles. The summed E-state index contributed by atoms with van der Waals surface area (Å²) < 4.78 is 4.91. The summed E-state index contributed by atoms with van der Waals surface area (Å²) in [4.78, 5) is 0. The Bertz CT molecular complexity index is 2530. The van der Waals surface area contributed by atoms with Crippen molar-refractivity contribution >= 4 is 43.6 Å². The van der Waals surface area contributed by atoms with Gasteiger partial charge in [0.1, 0.15) is 0 Å². The van der Waals surface area contributed by atoms with Crippen LogP contribution in [0.2, 0.25) is 0 Å². The second kappa shape index (κ2) is 8.87. The molecule has 46 heavy (non-hydrogen) atoms. The zero-order chi connectivity index (χ0) is 29.9. The van der Waals surface area contributed by atoms with Gasteiger partial charge in [0.15, 0.2) is 0 Å². The number of hydrogen-bond donors (Lipinski definition) is 0. The second-order valence-corrected chi connectivity index (χ2v) is 12.9. The predicted molar refractivity (Wildman–Crippen MR) is 190 cm³/mol. The number of fused-ring (bicyclic) bond motifs is 6. The lowest BCUT2D eigenvalue weighted by Crippen LogP contribution is -2.27. The minimum Gasteiger partial charge on any atom is -0.309 e. The first kappa shape index (κ1) is 24.5. The lowest BCUT2D eigenvalue weighted by Gasteiger charge is -2.42. The molecule has 2 nitrogen and oxygen atoms in total. The van der Waals surface area contributed by atoms with Crippen LogP contribution >= 0.6 is 0 Å². The van der Waals surface area contributed by atoms with Crippen molar-refractivity contribution in [2.75, 3.05) is 0 Å². The third-order valence-electron chi connectivity index (χ3n) is 10.6. The number of rotatable bonds is 2. The van der Waals surface area contributed by atoms with Crippen molar-refractivity contribution in [3.63, 3.8) is 0 Å². The van der Waals surface area contributed by atoms with Crippen LogP contribution in [-0.2, 0) is 0 Å². The maximum atomic E-state index is 2.53. The molecule has 214 valence electrons. The van der Waals surface area contributed by atoms with E-state index >= 15 is 0 Å². The summed E-state index contributed by atoms with van der Waals surface area (Å²) in [6.07, 6.45) is 0. The molecule has 0 saturated carbocycles. The summed E-state index contributed by atoms with van der Waals surface area (Å²) in [5.41, 5.74) is 16.1. The van der Waals surface area contributed by atoms with Crippen LogP contribution in [0.3, 0.4) is 0 Å². The van der Waals surface area contributed by atoms with Gasteiger partial charge in [-0.25, -0.2) is 0 Å². The highest BCUT2D eigenvalue weighted by atomic mass is 15.0. The van der Waals surface area contributed by atoms with Gasteiger partial charge >= 0.3 is 0 Å². The molecule has 2 heterocycles. The molecule has 0 atom stereocenters. The van der Waals surface area contributed by atoms with Gasteiger partial charge in [-0.05, 0) is 94.0 Å². The molecule has 7 aromatic carbocycles. The zero-order valence-corrected chi connectivity index (χ0v) is 25.1. The molecule has 0 unspecified atom stereocenters. The van der Waals surface area contributed by atoms with E-state index < -0.39 is 0 Å². The van der Waals surface area contributed by atoms with E-state index in [0.717, 1.165) is 0 Å². The Balaban J connectivity index is 1.26. The molecule has 0 N–H and O–H groups in total. The fourth-order valence-electron chi connectivity index (χ4n) is 8.85. The molecule has 0 amide bonds. The van der Waals surface area contributed by atoms with Gasteiger partial charge in [-0.15, -0.1) is 0 Å². The third kappa shape index (κ3) is 3.06. The highest BCUT2D eigenvalue weighted by molar-refractivity contribution is 6.12. The van der Waals surface area contributed by atoms with Crippen LogP contribution in [0.1, 0.15) is 45.2 Å². The molecule has 9 aromatic rings. The van der Waals surface area contributed by atoms with Crippen LogP contribution < -0.4 is 0 Å². The van der Waals surface area contributed by atoms with E-state index in [1.807, 2.05) is 0 Å². The van der Waals surface area contributed by atoms with Gasteiger partial charge in [-0.3, -0.25) is 0 Å². The van der Waals surface area contributed by atoms with E-state index in [0.29, 0.717) is 0 Å². The molecular weight excluding hydrogens is 556 g/mol. The normalized spacial score (nSPS) is 16.3. The Morgan fingerprint density at radius 1 is 0.283 bits per heavy atom. The molecule has 0 saturated heterocycles. The van der Waals surface area contributed by atoms with Gasteiger partial charge in [0.25, 0.3) is 0 Å². The van der Waals surface area contributed by atoms with Crippen molar-refractivity contribution in [3.8, 4) is 11.4 Å². The van der Waals surface area contributed by atoms with Gasteiger partial charge in [0.05, 0.1) is 22.1 Å². The third-order valence-corrected chi connectivity index (χ3v) is 10.6. The van der Waals surface area contributed by atoms with Gasteiger partial charge in [-0.1, -0.05) is 97.1 Å². The number of aromatic nitrogens is 2. The fourth-order valence-corrected chi connectivity index (χ4v) is 8.85. The SMILES string of the molecule is c1ccc(-n2c3ccccc3c3cc4c(cc32)C2c3ccccc3C4c3cc4c5ccccc5n(-c5ccccc5)c4cc32)cc1. The molecule has 0 radical (unpaired) electrons. The first-order chi connectivity index (χ1) is 22.8. The van der Waals surface area contributed by atoms with Crippen molar-refractivity contribution in [2.24, 2.45) is 0 Å². The fraction of sp³-hybridized carbons (Fsp3) is 0.0455. The minimum absolute atomic E-state index is 0.171. The van der Waals surface area contributed by atoms with Gasteiger partial charge < -0.3 is 9.13 Å². The Labute approximate surface area is 266 Å². The lowest BCUT2D eigenvalue weighted by atomic mass is 9.61. The molecule has 0 fully saturated rings. The second-order valence-electron chi connectivity index (χ2n) is 12.9. The van der Waals surface area contributed by atoms with E-state index in [2.05, 4.69) is 167 Å². The molecule has 12 rings (SSSR count). The van der Waals surface area contributed by atoms with Crippen molar-refractivity contribution in [1.29, 1.82) is 0 Å². The largest absolute Gasteiger partial charge is 0.309 e. The summed E-state index contributed by atoms with van der Waals surface area (Å²) in [6, 6.07) is 58.7. The van der Waals surface area contributed by atoms with Crippen LogP contribution in [0.25, 0.3) is 55.0 Å². The summed E-state index contributed by atoms with van der Waals surface area (Å²) in [5.74, 6) is 0.363. The number of para-hydroxylation sites is 4. The standard InChI is InChI=1S/C44H28N2/c1-3-13-27(14-4-1)45-39-21-11-9-17-29(39)33-23-35-37(25-41(33)45)44-32-20-8-7-19-31(32)43(35)36-24-34-30-18-10-12-22-40(30)46(42(34)26-38(36)44)28-15-5-2-6-16-28/h1-26,43-44H. The quantitative estimate of drug-likeness (QED) is 0.191. The molecule has 0 spiro atoms. The molecule has 2 heteroatoms. The van der Waals surface area contributed by atoms with Crippen molar-refractivity contribution in [2.45, 2.75) is 11.8 Å². The van der Waals surface area contributed by atoms with Crippen LogP contribution in [0.15, 0.2) is 158 Å². The average Bonchev–Trinajstić information content (AvgIpc) is 3.62. The number of nitrogens with zero attached hydrogens (tertiary/aromatic N) is 2. The molecular formula is C44H28N2. The monoisotopic (exact) mass is 584 g/mol. The maximum Gasteiger partial charge on any atom is 0.0544 e. The highest BCUT2D eigenvalue weighted by Gasteiger charge is 2.42. The Hall–Kier alpha value is -5.86. The molecule has 3 aliphatic rings. The average molecular weight is 585 g/mol. The van der Waals surface area contributed by atoms with Crippen LogP contribution in [-0.4, -0.2) is 9.13 Å². The first-order valence-corrected chi connectivity index (χ1v) is 16.2. The predicted octanol–water partition coefficient (Wildman–Crippen LogP) is 10.9. The Morgan fingerprint density at radius 2 is 0.652 bits per heavy atom. The van der Waals surface area contributed by atoms with Gasteiger partial charge in [0.2, 0.25) is 0 Å². The number of hydrogen-bond acceptors (Lipinski definition) is 0. The maximum absolute atomic E-state index is 2.53. The summed E-state index contributed by atoms with van der Waals surface area (Å²) in [6.45, 7) is 0. The zero-order valence-electron chi connectivity index (χ0n) is 25.1. The van der Waals surface area contributed by atoms with Crippen LogP contribution in [0, 0.1) is 0 Å². The molecule has 3 aliphatic carbocycles. The Morgan fingerprint density at radius 3 is 1.11 bits per heavy atom. The first-order valence-electron chi connectivity index (χ1n) is 16.2. The summed E-state index contributed by atoms with van der Waals surface area (Å²) >= 11 is 0. The van der Waals surface area contributed by atoms with Gasteiger partial charge in [-0.2, -0.15) is 0 Å². The Kier molecular flexibility index (Phi) is 4.71. The smallest absolute Gasteiger partial charge is 0.0544 e. The van der Waals surface area contributed by atoms with E-state index in [1.165, 1.54) is 88.4 Å². The summed E-state index contributed by atoms with van der Waals surface area (Å²) in [7, 11) is 0. The topological polar surface area (TPSA) is 9.86 Å². The van der Waals surface area contributed by atoms with E-state index in [9.17, 15) is 0 Å². The molecule has 2 bridgehead atoms. The van der Waals surface area contributed by atoms with Crippen molar-refractivity contribution in [3.05, 3.63) is 191 Å². The highest BCUT2D eigenvalue weighted by Crippen LogP contribution is 2.58. The van der Waals surface area contributed by atoms with Crippen LogP contribution in [0.5, 0.6) is 0 Å². The van der Waals surface area contributed by atoms with E-state index in [-0.39, 0.29) is 11.8 Å². The minimum atomic E-state index is 0.171. The number of benzene rings is 7.